The highest BCUT2D eigenvalue weighted by molar-refractivity contribution is 7.19. The maximum Gasteiger partial charge on any atom is 0.263 e. The molecule has 0 unspecified atom stereocenters. The molecule has 2 aromatic carbocycles. The molecule has 0 aliphatic heterocycles. The van der Waals surface area contributed by atoms with Gasteiger partial charge in [0.2, 0.25) is 5.91 Å². The number of amides is 1. The monoisotopic (exact) mass is 487 g/mol. The highest BCUT2D eigenvalue weighted by Crippen LogP contribution is 2.36. The number of halogens is 2. The highest BCUT2D eigenvalue weighted by atomic mass is 35.5. The summed E-state index contributed by atoms with van der Waals surface area (Å²) in [5.41, 5.74) is 2.68. The van der Waals surface area contributed by atoms with Crippen molar-refractivity contribution in [2.75, 3.05) is 12.4 Å². The number of carbonyl (C=O) groups is 1. The second kappa shape index (κ2) is 8.94. The first-order valence-corrected chi connectivity index (χ1v) is 11.2. The fourth-order valence-electron chi connectivity index (χ4n) is 3.49. The van der Waals surface area contributed by atoms with Crippen LogP contribution in [0, 0.1) is 13.8 Å². The molecule has 0 fully saturated rings. The molecule has 6 nitrogen and oxygen atoms in total. The van der Waals surface area contributed by atoms with Crippen LogP contribution in [0.1, 0.15) is 10.4 Å². The number of carbonyl (C=O) groups excluding carboxylic acids is 1. The Balaban J connectivity index is 1.69. The van der Waals surface area contributed by atoms with Crippen LogP contribution in [0.15, 0.2) is 47.5 Å². The zero-order valence-corrected chi connectivity index (χ0v) is 19.9. The van der Waals surface area contributed by atoms with Crippen LogP contribution < -0.4 is 15.6 Å². The summed E-state index contributed by atoms with van der Waals surface area (Å²) >= 11 is 13.6. The summed E-state index contributed by atoms with van der Waals surface area (Å²) in [6, 6.07) is 10.7. The lowest BCUT2D eigenvalue weighted by Gasteiger charge is -2.13. The molecule has 0 bridgehead atoms. The average Bonchev–Trinajstić information content (AvgIpc) is 3.10. The third-order valence-electron chi connectivity index (χ3n) is 5.06. The number of aryl methyl sites for hydroxylation is 2. The van der Waals surface area contributed by atoms with Gasteiger partial charge >= 0.3 is 0 Å². The molecule has 4 aromatic rings. The molecule has 0 saturated carbocycles. The van der Waals surface area contributed by atoms with Crippen LogP contribution in [-0.2, 0) is 11.3 Å². The van der Waals surface area contributed by atoms with Gasteiger partial charge in [0.15, 0.2) is 0 Å². The summed E-state index contributed by atoms with van der Waals surface area (Å²) in [6.45, 7) is 3.58. The fourth-order valence-corrected chi connectivity index (χ4v) is 4.77. The molecule has 2 heterocycles. The molecule has 164 valence electrons. The largest absolute Gasteiger partial charge is 0.495 e. The molecule has 0 radical (unpaired) electrons. The molecule has 0 saturated heterocycles. The van der Waals surface area contributed by atoms with Crippen molar-refractivity contribution in [2.45, 2.75) is 20.4 Å². The topological polar surface area (TPSA) is 73.2 Å². The second-order valence-corrected chi connectivity index (χ2v) is 9.29. The molecular formula is C23H19Cl2N3O3S. The average molecular weight is 488 g/mol. The molecule has 2 aromatic heterocycles. The maximum atomic E-state index is 13.3. The SMILES string of the molecule is COc1cc(Cl)c(C)cc1NC(=O)Cn1cnc2sc(C)c(-c3ccc(Cl)cc3)c2c1=O. The van der Waals surface area contributed by atoms with Gasteiger partial charge in [-0.15, -0.1) is 11.3 Å². The lowest BCUT2D eigenvalue weighted by molar-refractivity contribution is -0.116. The molecule has 1 N–H and O–H groups in total. The smallest absolute Gasteiger partial charge is 0.263 e. The van der Waals surface area contributed by atoms with E-state index in [9.17, 15) is 9.59 Å². The standard InChI is InChI=1S/C23H19Cl2N3O3S/c1-12-8-17(18(31-3)9-16(12)25)27-19(29)10-28-11-26-22-21(23(28)30)20(13(2)32-22)14-4-6-15(24)7-5-14/h4-9,11H,10H2,1-3H3,(H,27,29). The normalized spacial score (nSPS) is 11.0. The van der Waals surface area contributed by atoms with Gasteiger partial charge < -0.3 is 10.1 Å². The van der Waals surface area contributed by atoms with Crippen LogP contribution in [0.2, 0.25) is 10.0 Å². The van der Waals surface area contributed by atoms with Crippen LogP contribution >= 0.6 is 34.5 Å². The van der Waals surface area contributed by atoms with E-state index in [0.29, 0.717) is 31.7 Å². The number of aromatic nitrogens is 2. The highest BCUT2D eigenvalue weighted by Gasteiger charge is 2.18. The first-order valence-electron chi connectivity index (χ1n) is 9.67. The van der Waals surface area contributed by atoms with Crippen LogP contribution in [0.5, 0.6) is 5.75 Å². The molecule has 0 spiro atoms. The van der Waals surface area contributed by atoms with Crippen molar-refractivity contribution in [2.24, 2.45) is 0 Å². The molecule has 0 aliphatic carbocycles. The Bertz CT molecular complexity index is 1390. The number of nitrogens with zero attached hydrogens (tertiary/aromatic N) is 2. The van der Waals surface area contributed by atoms with Gasteiger partial charge in [0.05, 0.1) is 24.5 Å². The minimum absolute atomic E-state index is 0.193. The predicted molar refractivity (Wildman–Crippen MR) is 130 cm³/mol. The summed E-state index contributed by atoms with van der Waals surface area (Å²) in [7, 11) is 1.50. The molecular weight excluding hydrogens is 469 g/mol. The second-order valence-electron chi connectivity index (χ2n) is 7.25. The Kier molecular flexibility index (Phi) is 6.24. The number of fused-ring (bicyclic) bond motifs is 1. The summed E-state index contributed by atoms with van der Waals surface area (Å²) in [6.07, 6.45) is 1.40. The van der Waals surface area contributed by atoms with E-state index in [1.807, 2.05) is 26.0 Å². The number of nitrogens with one attached hydrogen (secondary N) is 1. The maximum absolute atomic E-state index is 13.3. The molecule has 32 heavy (non-hydrogen) atoms. The van der Waals surface area contributed by atoms with E-state index in [0.717, 1.165) is 21.6 Å². The van der Waals surface area contributed by atoms with Crippen LogP contribution in [-0.4, -0.2) is 22.6 Å². The van der Waals surface area contributed by atoms with Gasteiger partial charge in [-0.25, -0.2) is 4.98 Å². The fraction of sp³-hybridized carbons (Fsp3) is 0.174. The van der Waals surface area contributed by atoms with E-state index in [1.54, 1.807) is 24.3 Å². The van der Waals surface area contributed by atoms with Gasteiger partial charge in [0, 0.05) is 26.6 Å². The minimum Gasteiger partial charge on any atom is -0.495 e. The number of thiophene rings is 1. The summed E-state index contributed by atoms with van der Waals surface area (Å²) in [5.74, 6) is 0.0571. The van der Waals surface area contributed by atoms with Crippen molar-refractivity contribution in [1.82, 2.24) is 9.55 Å². The Labute approximate surface area is 198 Å². The van der Waals surface area contributed by atoms with Crippen molar-refractivity contribution < 1.29 is 9.53 Å². The Morgan fingerprint density at radius 3 is 2.59 bits per heavy atom. The summed E-state index contributed by atoms with van der Waals surface area (Å²) in [5, 5.41) is 4.43. The number of rotatable bonds is 5. The van der Waals surface area contributed by atoms with Crippen LogP contribution in [0.4, 0.5) is 5.69 Å². The van der Waals surface area contributed by atoms with Crippen molar-refractivity contribution in [3.63, 3.8) is 0 Å². The number of benzene rings is 2. The van der Waals surface area contributed by atoms with E-state index >= 15 is 0 Å². The van der Waals surface area contributed by atoms with Crippen molar-refractivity contribution in [3.05, 3.63) is 73.6 Å². The molecule has 9 heteroatoms. The Hall–Kier alpha value is -2.87. The first-order chi connectivity index (χ1) is 15.3. The van der Waals surface area contributed by atoms with E-state index in [2.05, 4.69) is 10.3 Å². The van der Waals surface area contributed by atoms with Gasteiger partial charge in [-0.1, -0.05) is 35.3 Å². The van der Waals surface area contributed by atoms with Crippen LogP contribution in [0.3, 0.4) is 0 Å². The van der Waals surface area contributed by atoms with Gasteiger partial charge in [-0.3, -0.25) is 14.2 Å². The quantitative estimate of drug-likeness (QED) is 0.392. The van der Waals surface area contributed by atoms with Gasteiger partial charge in [-0.2, -0.15) is 0 Å². The molecule has 1 amide bonds. The first kappa shape index (κ1) is 22.3. The van der Waals surface area contributed by atoms with Gasteiger partial charge in [0.1, 0.15) is 17.1 Å². The van der Waals surface area contributed by atoms with E-state index < -0.39 is 0 Å². The number of methoxy groups -OCH3 is 1. The predicted octanol–water partition coefficient (Wildman–Crippen LogP) is 5.70. The summed E-state index contributed by atoms with van der Waals surface area (Å²) in [4.78, 5) is 32.0. The number of ether oxygens (including phenoxy) is 1. The Morgan fingerprint density at radius 1 is 1.19 bits per heavy atom. The lowest BCUT2D eigenvalue weighted by atomic mass is 10.0. The van der Waals surface area contributed by atoms with Crippen molar-refractivity contribution >= 4 is 56.3 Å². The third kappa shape index (κ3) is 4.24. The van der Waals surface area contributed by atoms with Crippen molar-refractivity contribution in [1.29, 1.82) is 0 Å². The van der Waals surface area contributed by atoms with Gasteiger partial charge in [-0.05, 0) is 43.2 Å². The van der Waals surface area contributed by atoms with Gasteiger partial charge in [0.25, 0.3) is 5.56 Å². The van der Waals surface area contributed by atoms with E-state index in [4.69, 9.17) is 27.9 Å². The Morgan fingerprint density at radius 2 is 1.91 bits per heavy atom. The molecule has 0 atom stereocenters. The minimum atomic E-state index is -0.381. The number of hydrogen-bond donors (Lipinski definition) is 1. The molecule has 0 aliphatic rings. The zero-order chi connectivity index (χ0) is 23.0. The zero-order valence-electron chi connectivity index (χ0n) is 17.5. The third-order valence-corrected chi connectivity index (χ3v) is 6.73. The molecule has 4 rings (SSSR count). The van der Waals surface area contributed by atoms with Crippen molar-refractivity contribution in [3.8, 4) is 16.9 Å². The lowest BCUT2D eigenvalue weighted by Crippen LogP contribution is -2.28. The van der Waals surface area contributed by atoms with E-state index in [1.165, 1.54) is 29.3 Å². The summed E-state index contributed by atoms with van der Waals surface area (Å²) < 4.78 is 6.61. The number of anilines is 1. The van der Waals surface area contributed by atoms with Crippen LogP contribution in [0.25, 0.3) is 21.3 Å². The van der Waals surface area contributed by atoms with E-state index in [-0.39, 0.29) is 18.0 Å². The number of hydrogen-bond acceptors (Lipinski definition) is 5.